The van der Waals surface area contributed by atoms with Gasteiger partial charge >= 0.3 is 0 Å². The Balaban J connectivity index is 2.40. The van der Waals surface area contributed by atoms with Gasteiger partial charge in [0.2, 0.25) is 0 Å². The summed E-state index contributed by atoms with van der Waals surface area (Å²) in [6.45, 7) is 2.05. The highest BCUT2D eigenvalue weighted by Gasteiger charge is 2.12. The molecule has 0 saturated carbocycles. The second-order valence-electron chi connectivity index (χ2n) is 3.46. The van der Waals surface area contributed by atoms with Crippen LogP contribution in [0.3, 0.4) is 0 Å². The van der Waals surface area contributed by atoms with Gasteiger partial charge < -0.3 is 5.73 Å². The van der Waals surface area contributed by atoms with Crippen LogP contribution in [0.15, 0.2) is 18.2 Å². The van der Waals surface area contributed by atoms with E-state index >= 15 is 0 Å². The first-order valence-electron chi connectivity index (χ1n) is 4.89. The van der Waals surface area contributed by atoms with Gasteiger partial charge in [-0.1, -0.05) is 11.3 Å². The van der Waals surface area contributed by atoms with Crippen molar-refractivity contribution in [1.82, 2.24) is 10.2 Å². The van der Waals surface area contributed by atoms with Gasteiger partial charge in [-0.25, -0.2) is 0 Å². The molecule has 2 aromatic rings. The third-order valence-electron chi connectivity index (χ3n) is 2.28. The minimum Gasteiger partial charge on any atom is -0.324 e. The van der Waals surface area contributed by atoms with Crippen LogP contribution in [0.25, 0.3) is 10.6 Å². The Morgan fingerprint density at radius 1 is 1.47 bits per heavy atom. The average Bonchev–Trinajstić information content (AvgIpc) is 2.76. The minimum absolute atomic E-state index is 0.109. The number of nitro benzene ring substituents is 1. The van der Waals surface area contributed by atoms with Gasteiger partial charge in [-0.3, -0.25) is 10.1 Å². The number of hydrogen-bond acceptors (Lipinski definition) is 6. The van der Waals surface area contributed by atoms with Crippen LogP contribution >= 0.6 is 11.3 Å². The molecule has 6 nitrogen and oxygen atoms in total. The Labute approximate surface area is 101 Å². The number of aryl methyl sites for hydroxylation is 1. The molecule has 88 valence electrons. The fourth-order valence-electron chi connectivity index (χ4n) is 1.45. The van der Waals surface area contributed by atoms with Crippen LogP contribution in [0, 0.1) is 17.0 Å². The van der Waals surface area contributed by atoms with E-state index in [0.717, 1.165) is 15.6 Å². The number of nitro groups is 1. The van der Waals surface area contributed by atoms with Gasteiger partial charge in [-0.2, -0.15) is 0 Å². The Bertz CT molecular complexity index is 567. The summed E-state index contributed by atoms with van der Waals surface area (Å²) >= 11 is 1.39. The van der Waals surface area contributed by atoms with E-state index in [1.165, 1.54) is 17.4 Å². The number of rotatable bonds is 3. The van der Waals surface area contributed by atoms with Gasteiger partial charge in [0.15, 0.2) is 0 Å². The quantitative estimate of drug-likeness (QED) is 0.662. The van der Waals surface area contributed by atoms with E-state index in [4.69, 9.17) is 5.73 Å². The Morgan fingerprint density at radius 3 is 2.76 bits per heavy atom. The van der Waals surface area contributed by atoms with Gasteiger partial charge in [0.1, 0.15) is 10.0 Å². The second-order valence-corrected chi connectivity index (χ2v) is 4.53. The standard InChI is InChI=1S/C10H10N4O2S/c1-6-4-7(2-3-8(6)14(15)16)10-13-12-9(5-11)17-10/h2-4H,5,11H2,1H3. The molecule has 2 rings (SSSR count). The monoisotopic (exact) mass is 250 g/mol. The highest BCUT2D eigenvalue weighted by atomic mass is 32.1. The molecule has 7 heteroatoms. The predicted octanol–water partition coefficient (Wildman–Crippen LogP) is 1.88. The number of nitrogens with zero attached hydrogens (tertiary/aromatic N) is 3. The van der Waals surface area contributed by atoms with Crippen molar-refractivity contribution in [2.45, 2.75) is 13.5 Å². The van der Waals surface area contributed by atoms with Gasteiger partial charge in [0.25, 0.3) is 5.69 Å². The Morgan fingerprint density at radius 2 is 2.24 bits per heavy atom. The average molecular weight is 250 g/mol. The van der Waals surface area contributed by atoms with Crippen LogP contribution in [-0.2, 0) is 6.54 Å². The molecule has 0 aliphatic rings. The van der Waals surface area contributed by atoms with Gasteiger partial charge in [-0.15, -0.1) is 10.2 Å². The summed E-state index contributed by atoms with van der Waals surface area (Å²) in [6.07, 6.45) is 0. The summed E-state index contributed by atoms with van der Waals surface area (Å²) in [5.74, 6) is 0. The Kier molecular flexibility index (Phi) is 3.12. The van der Waals surface area contributed by atoms with Crippen LogP contribution in [0.4, 0.5) is 5.69 Å². The lowest BCUT2D eigenvalue weighted by atomic mass is 10.1. The zero-order valence-corrected chi connectivity index (χ0v) is 9.90. The molecule has 17 heavy (non-hydrogen) atoms. The summed E-state index contributed by atoms with van der Waals surface area (Å²) < 4.78 is 0. The fraction of sp³-hybridized carbons (Fsp3) is 0.200. The van der Waals surface area contributed by atoms with Crippen LogP contribution in [0.1, 0.15) is 10.6 Å². The Hall–Kier alpha value is -1.86. The molecule has 0 spiro atoms. The molecule has 0 unspecified atom stereocenters. The number of nitrogens with two attached hydrogens (primary N) is 1. The van der Waals surface area contributed by atoms with Crippen LogP contribution in [0.5, 0.6) is 0 Å². The zero-order chi connectivity index (χ0) is 12.4. The predicted molar refractivity (Wildman–Crippen MR) is 64.6 cm³/mol. The lowest BCUT2D eigenvalue weighted by Gasteiger charge is -1.99. The summed E-state index contributed by atoms with van der Waals surface area (Å²) in [4.78, 5) is 10.3. The third kappa shape index (κ3) is 2.29. The highest BCUT2D eigenvalue weighted by Crippen LogP contribution is 2.27. The van der Waals surface area contributed by atoms with E-state index in [1.807, 2.05) is 0 Å². The molecule has 0 fully saturated rings. The molecule has 0 atom stereocenters. The van der Waals surface area contributed by atoms with E-state index in [2.05, 4.69) is 10.2 Å². The number of aromatic nitrogens is 2. The molecule has 0 bridgehead atoms. The van der Waals surface area contributed by atoms with Crippen molar-refractivity contribution >= 4 is 17.0 Å². The van der Waals surface area contributed by atoms with Crippen molar-refractivity contribution in [2.24, 2.45) is 5.73 Å². The molecule has 0 amide bonds. The van der Waals surface area contributed by atoms with Crippen LogP contribution in [0.2, 0.25) is 0 Å². The summed E-state index contributed by atoms with van der Waals surface area (Å²) in [6, 6.07) is 4.89. The summed E-state index contributed by atoms with van der Waals surface area (Å²) in [5.41, 5.74) is 6.99. The molecule has 1 heterocycles. The smallest absolute Gasteiger partial charge is 0.272 e. The SMILES string of the molecule is Cc1cc(-c2nnc(CN)s2)ccc1[N+](=O)[O-]. The van der Waals surface area contributed by atoms with E-state index in [9.17, 15) is 10.1 Å². The summed E-state index contributed by atoms with van der Waals surface area (Å²) in [5, 5.41) is 20.1. The lowest BCUT2D eigenvalue weighted by molar-refractivity contribution is -0.385. The maximum Gasteiger partial charge on any atom is 0.272 e. The van der Waals surface area contributed by atoms with Crippen molar-refractivity contribution < 1.29 is 4.92 Å². The zero-order valence-electron chi connectivity index (χ0n) is 9.08. The largest absolute Gasteiger partial charge is 0.324 e. The van der Waals surface area contributed by atoms with E-state index in [1.54, 1.807) is 19.1 Å². The molecule has 0 aliphatic heterocycles. The maximum absolute atomic E-state index is 10.7. The van der Waals surface area contributed by atoms with Crippen molar-refractivity contribution in [1.29, 1.82) is 0 Å². The minimum atomic E-state index is -0.398. The third-order valence-corrected chi connectivity index (χ3v) is 3.28. The molecule has 0 saturated heterocycles. The molecule has 0 aliphatic carbocycles. The van der Waals surface area contributed by atoms with Gasteiger partial charge in [0, 0.05) is 23.7 Å². The molecular weight excluding hydrogens is 240 g/mol. The summed E-state index contributed by atoms with van der Waals surface area (Å²) in [7, 11) is 0. The van der Waals surface area contributed by atoms with Gasteiger partial charge in [-0.05, 0) is 19.1 Å². The van der Waals surface area contributed by atoms with Crippen molar-refractivity contribution in [3.05, 3.63) is 38.9 Å². The second kappa shape index (κ2) is 4.56. The van der Waals surface area contributed by atoms with E-state index < -0.39 is 4.92 Å². The maximum atomic E-state index is 10.7. The number of benzene rings is 1. The fourth-order valence-corrected chi connectivity index (χ4v) is 2.16. The molecule has 1 aromatic heterocycles. The van der Waals surface area contributed by atoms with Gasteiger partial charge in [0.05, 0.1) is 4.92 Å². The molecule has 2 N–H and O–H groups in total. The van der Waals surface area contributed by atoms with Crippen molar-refractivity contribution in [3.8, 4) is 10.6 Å². The topological polar surface area (TPSA) is 94.9 Å². The first kappa shape index (κ1) is 11.6. The van der Waals surface area contributed by atoms with E-state index in [0.29, 0.717) is 12.1 Å². The molecule has 0 radical (unpaired) electrons. The normalized spacial score (nSPS) is 10.5. The molecule has 1 aromatic carbocycles. The first-order chi connectivity index (χ1) is 8.11. The number of hydrogen-bond donors (Lipinski definition) is 1. The molecular formula is C10H10N4O2S. The van der Waals surface area contributed by atoms with Crippen molar-refractivity contribution in [2.75, 3.05) is 0 Å². The highest BCUT2D eigenvalue weighted by molar-refractivity contribution is 7.14. The van der Waals surface area contributed by atoms with Crippen LogP contribution < -0.4 is 5.73 Å². The van der Waals surface area contributed by atoms with E-state index in [-0.39, 0.29) is 5.69 Å². The van der Waals surface area contributed by atoms with Crippen LogP contribution in [-0.4, -0.2) is 15.1 Å². The lowest BCUT2D eigenvalue weighted by Crippen LogP contribution is -1.94. The van der Waals surface area contributed by atoms with Crippen molar-refractivity contribution in [3.63, 3.8) is 0 Å². The first-order valence-corrected chi connectivity index (χ1v) is 5.71.